The third-order valence-electron chi connectivity index (χ3n) is 8.26. The van der Waals surface area contributed by atoms with Gasteiger partial charge in [-0.1, -0.05) is 115 Å². The maximum absolute atomic E-state index is 15.1. The van der Waals surface area contributed by atoms with Gasteiger partial charge in [0.05, 0.1) is 0 Å². The predicted molar refractivity (Wildman–Crippen MR) is 178 cm³/mol. The van der Waals surface area contributed by atoms with Crippen LogP contribution >= 0.6 is 25.6 Å². The molecule has 1 aromatic heterocycles. The smallest absolute Gasteiger partial charge is 0.170 e. The molecule has 41 heavy (non-hydrogen) atoms. The van der Waals surface area contributed by atoms with Crippen LogP contribution in [0.3, 0.4) is 0 Å². The molecule has 0 bridgehead atoms. The van der Waals surface area contributed by atoms with Gasteiger partial charge in [0.25, 0.3) is 0 Å². The van der Waals surface area contributed by atoms with Gasteiger partial charge in [-0.25, -0.2) is 0 Å². The van der Waals surface area contributed by atoms with E-state index in [4.69, 9.17) is 0 Å². The van der Waals surface area contributed by atoms with Gasteiger partial charge in [-0.2, -0.15) is 0 Å². The van der Waals surface area contributed by atoms with Gasteiger partial charge < -0.3 is 9.13 Å². The molecule has 2 aliphatic rings. The molecule has 0 fully saturated rings. The molecule has 2 atom stereocenters. The maximum Gasteiger partial charge on any atom is 0.170 e. The standard InChI is InChI=1S/C36H30O2P2S/c37-39(27-13-5-1-6-14-27,28-15-7-2-8-16-28)31-21-23-35-33(25-31)34-26-32(22-24-36(34)41-35)40(38,29-17-9-3-10-18-29)30-19-11-4-12-20-30/h1-3,5-11,13-24,26,31H,4,12,25H2/t31?,40-/m0/s1. The molecule has 0 aliphatic heterocycles. The normalized spacial score (nSPS) is 18.0. The Labute approximate surface area is 245 Å². The molecule has 4 aromatic carbocycles. The van der Waals surface area contributed by atoms with Crippen molar-refractivity contribution >= 4 is 63.0 Å². The van der Waals surface area contributed by atoms with E-state index >= 15 is 9.13 Å². The van der Waals surface area contributed by atoms with E-state index in [-0.39, 0.29) is 5.66 Å². The van der Waals surface area contributed by atoms with Crippen LogP contribution in [-0.4, -0.2) is 5.66 Å². The molecular weight excluding hydrogens is 558 g/mol. The Morgan fingerprint density at radius 3 is 1.90 bits per heavy atom. The van der Waals surface area contributed by atoms with Crippen molar-refractivity contribution in [2.24, 2.45) is 0 Å². The molecule has 0 radical (unpaired) electrons. The number of hydrogen-bond donors (Lipinski definition) is 0. The van der Waals surface area contributed by atoms with Crippen molar-refractivity contribution in [1.82, 2.24) is 0 Å². The van der Waals surface area contributed by atoms with Gasteiger partial charge in [-0.15, -0.1) is 11.3 Å². The first kappa shape index (κ1) is 26.4. The zero-order valence-electron chi connectivity index (χ0n) is 22.6. The maximum atomic E-state index is 15.1. The van der Waals surface area contributed by atoms with Crippen LogP contribution in [0.2, 0.25) is 0 Å². The summed E-state index contributed by atoms with van der Waals surface area (Å²) in [5.41, 5.74) is 1.05. The Kier molecular flexibility index (Phi) is 6.92. The van der Waals surface area contributed by atoms with Gasteiger partial charge in [0, 0.05) is 41.8 Å². The molecule has 0 saturated heterocycles. The van der Waals surface area contributed by atoms with Gasteiger partial charge in [-0.3, -0.25) is 0 Å². The fourth-order valence-corrected chi connectivity index (χ4v) is 13.1. The van der Waals surface area contributed by atoms with E-state index in [1.54, 1.807) is 11.3 Å². The second-order valence-corrected chi connectivity index (χ2v) is 17.5. The first-order valence-corrected chi connectivity index (χ1v) is 18.4. The third kappa shape index (κ3) is 4.48. The van der Waals surface area contributed by atoms with Gasteiger partial charge in [0.2, 0.25) is 0 Å². The van der Waals surface area contributed by atoms with Crippen LogP contribution in [-0.2, 0) is 15.6 Å². The lowest BCUT2D eigenvalue weighted by atomic mass is 10.0. The summed E-state index contributed by atoms with van der Waals surface area (Å²) in [6, 6.07) is 36.1. The fraction of sp³-hybridized carbons (Fsp3) is 0.111. The minimum atomic E-state index is -3.05. The molecule has 0 spiro atoms. The van der Waals surface area contributed by atoms with Gasteiger partial charge in [0.1, 0.15) is 7.14 Å². The number of fused-ring (bicyclic) bond motifs is 3. The number of rotatable bonds is 6. The Bertz CT molecular complexity index is 1870. The summed E-state index contributed by atoms with van der Waals surface area (Å²) >= 11 is 1.76. The Hall–Kier alpha value is -3.48. The van der Waals surface area contributed by atoms with Crippen LogP contribution < -0.4 is 21.2 Å². The molecule has 0 N–H and O–H groups in total. The zero-order chi connectivity index (χ0) is 27.9. The van der Waals surface area contributed by atoms with Crippen molar-refractivity contribution in [3.05, 3.63) is 149 Å². The summed E-state index contributed by atoms with van der Waals surface area (Å²) in [5, 5.41) is 5.52. The molecule has 1 unspecified atom stereocenters. The van der Waals surface area contributed by atoms with E-state index in [9.17, 15) is 0 Å². The highest BCUT2D eigenvalue weighted by Crippen LogP contribution is 2.56. The molecule has 5 heteroatoms. The second kappa shape index (κ2) is 10.7. The van der Waals surface area contributed by atoms with E-state index in [1.165, 1.54) is 15.1 Å². The molecule has 7 rings (SSSR count). The largest absolute Gasteiger partial charge is 0.313 e. The van der Waals surface area contributed by atoms with E-state index < -0.39 is 14.3 Å². The van der Waals surface area contributed by atoms with Crippen molar-refractivity contribution in [1.29, 1.82) is 0 Å². The van der Waals surface area contributed by atoms with E-state index in [0.717, 1.165) is 44.8 Å². The minimum Gasteiger partial charge on any atom is -0.313 e. The molecule has 0 amide bonds. The molecular formula is C36H30O2P2S. The Morgan fingerprint density at radius 2 is 1.29 bits per heavy atom. The molecule has 0 saturated carbocycles. The lowest BCUT2D eigenvalue weighted by Crippen LogP contribution is -2.27. The highest BCUT2D eigenvalue weighted by molar-refractivity contribution is 7.82. The summed E-state index contributed by atoms with van der Waals surface area (Å²) in [5.74, 6) is 0. The van der Waals surface area contributed by atoms with Crippen molar-refractivity contribution in [3.63, 3.8) is 0 Å². The average molecular weight is 589 g/mol. The van der Waals surface area contributed by atoms with Crippen molar-refractivity contribution < 1.29 is 9.13 Å². The summed E-state index contributed by atoms with van der Waals surface area (Å²) in [7, 11) is -6.03. The van der Waals surface area contributed by atoms with Crippen LogP contribution in [0.1, 0.15) is 23.3 Å². The van der Waals surface area contributed by atoms with Crippen LogP contribution in [0.4, 0.5) is 0 Å². The first-order chi connectivity index (χ1) is 20.1. The predicted octanol–water partition coefficient (Wildman–Crippen LogP) is 8.40. The molecule has 2 nitrogen and oxygen atoms in total. The monoisotopic (exact) mass is 588 g/mol. The summed E-state index contributed by atoms with van der Waals surface area (Å²) < 4.78 is 31.4. The third-order valence-corrected chi connectivity index (χ3v) is 15.9. The average Bonchev–Trinajstić information content (AvgIpc) is 3.43. The second-order valence-electron chi connectivity index (χ2n) is 10.6. The molecule has 1 heterocycles. The quantitative estimate of drug-likeness (QED) is 0.187. The number of allylic oxidation sites excluding steroid dienone is 5. The summed E-state index contributed by atoms with van der Waals surface area (Å²) in [6.07, 6.45) is 13.2. The topological polar surface area (TPSA) is 34.1 Å². The number of benzene rings is 4. The lowest BCUT2D eigenvalue weighted by molar-refractivity contribution is 0.581. The molecule has 202 valence electrons. The lowest BCUT2D eigenvalue weighted by Gasteiger charge is -2.29. The van der Waals surface area contributed by atoms with Crippen molar-refractivity contribution in [2.45, 2.75) is 24.9 Å². The Balaban J connectivity index is 1.37. The van der Waals surface area contributed by atoms with E-state index in [1.807, 2.05) is 91.0 Å². The highest BCUT2D eigenvalue weighted by atomic mass is 32.1. The van der Waals surface area contributed by atoms with Gasteiger partial charge >= 0.3 is 0 Å². The molecule has 2 aliphatic carbocycles. The van der Waals surface area contributed by atoms with Crippen LogP contribution in [0, 0.1) is 0 Å². The van der Waals surface area contributed by atoms with Gasteiger partial charge in [-0.05, 0) is 54.5 Å². The van der Waals surface area contributed by atoms with Crippen LogP contribution in [0.15, 0.2) is 139 Å². The summed E-state index contributed by atoms with van der Waals surface area (Å²) in [4.78, 5) is 1.20. The van der Waals surface area contributed by atoms with E-state index in [2.05, 4.69) is 48.6 Å². The summed E-state index contributed by atoms with van der Waals surface area (Å²) in [6.45, 7) is 0. The highest BCUT2D eigenvalue weighted by Gasteiger charge is 2.38. The van der Waals surface area contributed by atoms with Crippen molar-refractivity contribution in [3.8, 4) is 0 Å². The fourth-order valence-electron chi connectivity index (χ4n) is 6.17. The number of thiophene rings is 1. The Morgan fingerprint density at radius 1 is 0.659 bits per heavy atom. The zero-order valence-corrected chi connectivity index (χ0v) is 25.2. The van der Waals surface area contributed by atoms with Crippen molar-refractivity contribution in [2.75, 3.05) is 0 Å². The van der Waals surface area contributed by atoms with Crippen LogP contribution in [0.5, 0.6) is 0 Å². The minimum absolute atomic E-state index is 0.161. The van der Waals surface area contributed by atoms with Crippen LogP contribution in [0.25, 0.3) is 16.2 Å². The van der Waals surface area contributed by atoms with E-state index in [0.29, 0.717) is 6.42 Å². The SMILES string of the molecule is O=P(c1ccccc1)(c1ccccc1)C1C=Cc2sc3ccc([P@@](=O)(C4=CCCC=C4)c4ccccc4)cc3c2C1. The van der Waals surface area contributed by atoms with Gasteiger partial charge in [0.15, 0.2) is 7.14 Å². The first-order valence-electron chi connectivity index (χ1n) is 14.1. The number of hydrogen-bond acceptors (Lipinski definition) is 3. The molecule has 5 aromatic rings.